The molecule has 0 fully saturated rings. The minimum absolute atomic E-state index is 0.678. The molecule has 4 rings (SSSR count). The number of benzene rings is 2. The Bertz CT molecular complexity index is 955. The molecule has 2 heterocycles. The molecule has 0 saturated heterocycles. The molecule has 6 nitrogen and oxygen atoms in total. The lowest BCUT2D eigenvalue weighted by atomic mass is 10.1. The first kappa shape index (κ1) is 16.8. The van der Waals surface area contributed by atoms with Crippen LogP contribution in [0.2, 0.25) is 0 Å². The van der Waals surface area contributed by atoms with Gasteiger partial charge in [-0.2, -0.15) is 5.10 Å². The Morgan fingerprint density at radius 1 is 1.15 bits per heavy atom. The maximum atomic E-state index is 13.1. The van der Waals surface area contributed by atoms with E-state index in [4.69, 9.17) is 0 Å². The second-order valence-corrected chi connectivity index (χ2v) is 7.77. The molecule has 0 radical (unpaired) electrons. The molecule has 1 aromatic heterocycles. The van der Waals surface area contributed by atoms with E-state index < -0.39 is 10.8 Å². The van der Waals surface area contributed by atoms with E-state index in [2.05, 4.69) is 51.4 Å². The van der Waals surface area contributed by atoms with E-state index >= 15 is 0 Å². The summed E-state index contributed by atoms with van der Waals surface area (Å²) in [6.45, 7) is 5.81. The van der Waals surface area contributed by atoms with Gasteiger partial charge in [-0.05, 0) is 49.6 Å². The standard InChI is InChI=1S/C19H21N5OS/c1-13-8-9-17-18(14(13)2)24(11-5-10-20-19-21-12-22-23-19)15-6-3-4-7-16(15)26(17)25/h3-4,6-9,12H,5,10-11H2,1-2H3,(H2,20,21,22,23). The molecule has 0 aliphatic carbocycles. The molecule has 3 aromatic rings. The minimum Gasteiger partial charge on any atom is -0.355 e. The van der Waals surface area contributed by atoms with Crippen LogP contribution in [0, 0.1) is 13.8 Å². The molecule has 7 heteroatoms. The van der Waals surface area contributed by atoms with Crippen molar-refractivity contribution in [3.8, 4) is 0 Å². The maximum absolute atomic E-state index is 13.1. The van der Waals surface area contributed by atoms with E-state index in [-0.39, 0.29) is 0 Å². The second kappa shape index (κ2) is 6.92. The normalized spacial score (nSPS) is 15.5. The summed E-state index contributed by atoms with van der Waals surface area (Å²) < 4.78 is 13.1. The van der Waals surface area contributed by atoms with Gasteiger partial charge in [0.1, 0.15) is 6.33 Å². The first-order valence-corrected chi connectivity index (χ1v) is 9.79. The summed E-state index contributed by atoms with van der Waals surface area (Å²) in [7, 11) is -1.14. The van der Waals surface area contributed by atoms with Gasteiger partial charge in [-0.15, -0.1) is 0 Å². The molecule has 1 aliphatic rings. The Hall–Kier alpha value is -2.67. The van der Waals surface area contributed by atoms with Gasteiger partial charge < -0.3 is 10.2 Å². The Kier molecular flexibility index (Phi) is 4.46. The predicted molar refractivity (Wildman–Crippen MR) is 104 cm³/mol. The number of aromatic amines is 1. The molecule has 1 atom stereocenters. The number of nitrogens with zero attached hydrogens (tertiary/aromatic N) is 3. The van der Waals surface area contributed by atoms with E-state index in [1.165, 1.54) is 17.5 Å². The lowest BCUT2D eigenvalue weighted by Gasteiger charge is -2.34. The average Bonchev–Trinajstić information content (AvgIpc) is 3.17. The summed E-state index contributed by atoms with van der Waals surface area (Å²) >= 11 is 0. The summed E-state index contributed by atoms with van der Waals surface area (Å²) in [4.78, 5) is 8.16. The predicted octanol–water partition coefficient (Wildman–Crippen LogP) is 3.54. The van der Waals surface area contributed by atoms with Gasteiger partial charge in [0.25, 0.3) is 0 Å². The highest BCUT2D eigenvalue weighted by molar-refractivity contribution is 7.85. The fourth-order valence-electron chi connectivity index (χ4n) is 3.30. The van der Waals surface area contributed by atoms with Crippen LogP contribution in [0.3, 0.4) is 0 Å². The van der Waals surface area contributed by atoms with Crippen molar-refractivity contribution >= 4 is 28.1 Å². The van der Waals surface area contributed by atoms with Gasteiger partial charge in [0.05, 0.1) is 32.0 Å². The van der Waals surface area contributed by atoms with E-state index in [0.29, 0.717) is 5.95 Å². The van der Waals surface area contributed by atoms with Gasteiger partial charge >= 0.3 is 0 Å². The van der Waals surface area contributed by atoms with E-state index in [1.54, 1.807) is 0 Å². The van der Waals surface area contributed by atoms with Crippen molar-refractivity contribution in [3.05, 3.63) is 53.9 Å². The van der Waals surface area contributed by atoms with Crippen LogP contribution in [0.5, 0.6) is 0 Å². The van der Waals surface area contributed by atoms with Gasteiger partial charge in [-0.1, -0.05) is 18.2 Å². The fourth-order valence-corrected chi connectivity index (χ4v) is 4.74. The smallest absolute Gasteiger partial charge is 0.218 e. The van der Waals surface area contributed by atoms with Crippen molar-refractivity contribution in [3.63, 3.8) is 0 Å². The van der Waals surface area contributed by atoms with Crippen molar-refractivity contribution < 1.29 is 4.21 Å². The lowest BCUT2D eigenvalue weighted by Crippen LogP contribution is -2.27. The number of H-pyrrole nitrogens is 1. The molecular formula is C19H21N5OS. The van der Waals surface area contributed by atoms with Crippen molar-refractivity contribution in [2.75, 3.05) is 23.3 Å². The first-order valence-electron chi connectivity index (χ1n) is 8.64. The van der Waals surface area contributed by atoms with Crippen LogP contribution in [0.1, 0.15) is 17.5 Å². The zero-order valence-electron chi connectivity index (χ0n) is 14.8. The van der Waals surface area contributed by atoms with E-state index in [1.807, 2.05) is 24.3 Å². The number of aryl methyl sites for hydroxylation is 1. The van der Waals surface area contributed by atoms with Gasteiger partial charge in [-0.3, -0.25) is 0 Å². The van der Waals surface area contributed by atoms with Gasteiger partial charge in [0.2, 0.25) is 5.95 Å². The molecule has 2 N–H and O–H groups in total. The maximum Gasteiger partial charge on any atom is 0.218 e. The number of hydrogen-bond acceptors (Lipinski definition) is 5. The summed E-state index contributed by atoms with van der Waals surface area (Å²) in [5.41, 5.74) is 4.52. The Morgan fingerprint density at radius 3 is 2.81 bits per heavy atom. The average molecular weight is 367 g/mol. The Labute approximate surface area is 155 Å². The summed E-state index contributed by atoms with van der Waals surface area (Å²) in [5, 5.41) is 9.87. The monoisotopic (exact) mass is 367 g/mol. The highest BCUT2D eigenvalue weighted by Crippen LogP contribution is 2.44. The number of nitrogens with one attached hydrogen (secondary N) is 2. The van der Waals surface area contributed by atoms with E-state index in [0.717, 1.165) is 40.7 Å². The van der Waals surface area contributed by atoms with Crippen molar-refractivity contribution in [2.45, 2.75) is 30.1 Å². The van der Waals surface area contributed by atoms with Crippen LogP contribution in [-0.4, -0.2) is 32.5 Å². The molecule has 0 spiro atoms. The summed E-state index contributed by atoms with van der Waals surface area (Å²) in [6, 6.07) is 12.0. The molecule has 2 aromatic carbocycles. The molecule has 0 amide bonds. The van der Waals surface area contributed by atoms with Crippen LogP contribution in [-0.2, 0) is 10.8 Å². The number of rotatable bonds is 5. The van der Waals surface area contributed by atoms with Crippen LogP contribution < -0.4 is 10.2 Å². The number of fused-ring (bicyclic) bond motifs is 2. The molecule has 134 valence electrons. The highest BCUT2D eigenvalue weighted by Gasteiger charge is 2.29. The molecule has 1 aliphatic heterocycles. The number of para-hydroxylation sites is 1. The van der Waals surface area contributed by atoms with E-state index in [9.17, 15) is 4.21 Å². The van der Waals surface area contributed by atoms with Gasteiger partial charge in [0, 0.05) is 13.1 Å². The SMILES string of the molecule is Cc1ccc2c(c1C)N(CCCNc1ncn[nH]1)c1ccccc1S2=O. The lowest BCUT2D eigenvalue weighted by molar-refractivity contribution is 0.680. The summed E-state index contributed by atoms with van der Waals surface area (Å²) in [5.74, 6) is 0.678. The minimum atomic E-state index is -1.14. The van der Waals surface area contributed by atoms with Crippen LogP contribution >= 0.6 is 0 Å². The fraction of sp³-hybridized carbons (Fsp3) is 0.263. The molecule has 0 saturated carbocycles. The molecule has 26 heavy (non-hydrogen) atoms. The zero-order valence-corrected chi connectivity index (χ0v) is 15.6. The Balaban J connectivity index is 1.64. The first-order chi connectivity index (χ1) is 12.7. The number of hydrogen-bond donors (Lipinski definition) is 2. The van der Waals surface area contributed by atoms with Crippen molar-refractivity contribution in [1.82, 2.24) is 15.2 Å². The molecular weight excluding hydrogens is 346 g/mol. The summed E-state index contributed by atoms with van der Waals surface area (Å²) in [6.07, 6.45) is 2.40. The van der Waals surface area contributed by atoms with Crippen LogP contribution in [0.15, 0.2) is 52.5 Å². The number of aromatic nitrogens is 3. The Morgan fingerprint density at radius 2 is 2.00 bits per heavy atom. The molecule has 1 unspecified atom stereocenters. The van der Waals surface area contributed by atoms with Crippen molar-refractivity contribution in [2.24, 2.45) is 0 Å². The largest absolute Gasteiger partial charge is 0.355 e. The highest BCUT2D eigenvalue weighted by atomic mass is 32.2. The van der Waals surface area contributed by atoms with Crippen LogP contribution in [0.25, 0.3) is 0 Å². The van der Waals surface area contributed by atoms with Gasteiger partial charge in [-0.25, -0.2) is 14.3 Å². The van der Waals surface area contributed by atoms with Gasteiger partial charge in [0.15, 0.2) is 0 Å². The second-order valence-electron chi connectivity index (χ2n) is 6.36. The third kappa shape index (κ3) is 2.88. The van der Waals surface area contributed by atoms with Crippen molar-refractivity contribution in [1.29, 1.82) is 0 Å². The number of anilines is 3. The topological polar surface area (TPSA) is 73.9 Å². The third-order valence-corrected chi connectivity index (χ3v) is 6.23. The third-order valence-electron chi connectivity index (χ3n) is 4.76. The molecule has 0 bridgehead atoms. The van der Waals surface area contributed by atoms with Crippen LogP contribution in [0.4, 0.5) is 17.3 Å². The zero-order chi connectivity index (χ0) is 18.1. The quantitative estimate of drug-likeness (QED) is 0.675.